The zero-order valence-electron chi connectivity index (χ0n) is 25.3. The van der Waals surface area contributed by atoms with E-state index in [0.717, 1.165) is 33.2 Å². The molecule has 1 aliphatic carbocycles. The Balaban J connectivity index is 1.42. The second-order valence-corrected chi connectivity index (χ2v) is 12.5. The van der Waals surface area contributed by atoms with Gasteiger partial charge in [-0.3, -0.25) is 4.57 Å². The molecule has 0 atom stereocenters. The van der Waals surface area contributed by atoms with Crippen LogP contribution in [0.1, 0.15) is 0 Å². The molecule has 216 valence electrons. The average molecular weight is 596 g/mol. The summed E-state index contributed by atoms with van der Waals surface area (Å²) in [4.78, 5) is 10.8. The zero-order chi connectivity index (χ0) is 30.6. The van der Waals surface area contributed by atoms with Crippen LogP contribution in [0.15, 0.2) is 152 Å². The molecule has 2 heterocycles. The zero-order valence-corrected chi connectivity index (χ0v) is 25.3. The van der Waals surface area contributed by atoms with Gasteiger partial charge in [-0.25, -0.2) is 9.97 Å². The molecule has 0 fully saturated rings. The second kappa shape index (κ2) is 9.12. The Hall–Kier alpha value is -6.32. The maximum atomic E-state index is 5.45. The minimum absolute atomic E-state index is 0.678. The second-order valence-electron chi connectivity index (χ2n) is 12.5. The number of hydrogen-bond acceptors (Lipinski definition) is 2. The molecule has 0 saturated heterocycles. The summed E-state index contributed by atoms with van der Waals surface area (Å²) in [6, 6.07) is 54.5. The average Bonchev–Trinajstić information content (AvgIpc) is 3.66. The number of benzene rings is 8. The van der Waals surface area contributed by atoms with E-state index in [1.807, 2.05) is 0 Å². The SMILES string of the molecule is c1ccc(-c2nc(-n3c4cc5c6c(cccc6c4c4c6ccccc6c6ccccc6c43)-c3ccccc3-5)nc3ccccc23)cc1. The monoisotopic (exact) mass is 595 g/mol. The highest BCUT2D eigenvalue weighted by Crippen LogP contribution is 2.52. The molecule has 2 aromatic heterocycles. The Labute approximate surface area is 270 Å². The minimum atomic E-state index is 0.678. The Morgan fingerprint density at radius 2 is 0.979 bits per heavy atom. The van der Waals surface area contributed by atoms with E-state index in [0.29, 0.717) is 5.95 Å². The molecule has 0 N–H and O–H groups in total. The Bertz CT molecular complexity index is 2950. The van der Waals surface area contributed by atoms with Crippen molar-refractivity contribution in [3.63, 3.8) is 0 Å². The molecule has 3 heteroatoms. The molecule has 3 nitrogen and oxygen atoms in total. The largest absolute Gasteiger partial charge is 0.277 e. The summed E-state index contributed by atoms with van der Waals surface area (Å²) >= 11 is 0. The molecule has 0 saturated carbocycles. The number of para-hydroxylation sites is 1. The maximum Gasteiger partial charge on any atom is 0.235 e. The quantitative estimate of drug-likeness (QED) is 0.186. The van der Waals surface area contributed by atoms with Crippen LogP contribution < -0.4 is 0 Å². The Morgan fingerprint density at radius 1 is 0.383 bits per heavy atom. The highest BCUT2D eigenvalue weighted by Gasteiger charge is 2.28. The van der Waals surface area contributed by atoms with E-state index in [-0.39, 0.29) is 0 Å². The van der Waals surface area contributed by atoms with Gasteiger partial charge in [0.1, 0.15) is 0 Å². The van der Waals surface area contributed by atoms with Crippen molar-refractivity contribution in [2.75, 3.05) is 0 Å². The van der Waals surface area contributed by atoms with E-state index < -0.39 is 0 Å². The lowest BCUT2D eigenvalue weighted by Crippen LogP contribution is -2.04. The summed E-state index contributed by atoms with van der Waals surface area (Å²) in [6.07, 6.45) is 0. The van der Waals surface area contributed by atoms with Crippen LogP contribution in [0.3, 0.4) is 0 Å². The summed E-state index contributed by atoms with van der Waals surface area (Å²) in [7, 11) is 0. The fraction of sp³-hybridized carbons (Fsp3) is 0. The highest BCUT2D eigenvalue weighted by atomic mass is 15.2. The van der Waals surface area contributed by atoms with Gasteiger partial charge in [0.2, 0.25) is 5.95 Å². The van der Waals surface area contributed by atoms with Crippen LogP contribution in [0.2, 0.25) is 0 Å². The van der Waals surface area contributed by atoms with Gasteiger partial charge < -0.3 is 0 Å². The van der Waals surface area contributed by atoms with Gasteiger partial charge in [0.05, 0.1) is 22.2 Å². The number of fused-ring (bicyclic) bond motifs is 13. The van der Waals surface area contributed by atoms with Gasteiger partial charge in [0.15, 0.2) is 0 Å². The number of nitrogens with zero attached hydrogens (tertiary/aromatic N) is 3. The lowest BCUT2D eigenvalue weighted by atomic mass is 9.94. The van der Waals surface area contributed by atoms with Crippen LogP contribution >= 0.6 is 0 Å². The van der Waals surface area contributed by atoms with Crippen LogP contribution in [0.5, 0.6) is 0 Å². The van der Waals surface area contributed by atoms with Gasteiger partial charge >= 0.3 is 0 Å². The van der Waals surface area contributed by atoms with Crippen molar-refractivity contribution in [1.82, 2.24) is 14.5 Å². The summed E-state index contributed by atoms with van der Waals surface area (Å²) < 4.78 is 2.35. The van der Waals surface area contributed by atoms with E-state index in [4.69, 9.17) is 9.97 Å². The van der Waals surface area contributed by atoms with Gasteiger partial charge in [0, 0.05) is 27.1 Å². The molecule has 47 heavy (non-hydrogen) atoms. The first-order valence-corrected chi connectivity index (χ1v) is 16.1. The lowest BCUT2D eigenvalue weighted by Gasteiger charge is -2.14. The number of rotatable bonds is 2. The Kier molecular flexibility index (Phi) is 4.84. The predicted octanol–water partition coefficient (Wildman–Crippen LogP) is 11.5. The molecule has 0 spiro atoms. The molecular weight excluding hydrogens is 571 g/mol. The van der Waals surface area contributed by atoms with Gasteiger partial charge in [0.25, 0.3) is 0 Å². The van der Waals surface area contributed by atoms with E-state index in [1.165, 1.54) is 65.3 Å². The van der Waals surface area contributed by atoms with Crippen molar-refractivity contribution in [2.24, 2.45) is 0 Å². The molecule has 8 aromatic carbocycles. The van der Waals surface area contributed by atoms with Crippen LogP contribution in [0.25, 0.3) is 104 Å². The van der Waals surface area contributed by atoms with Gasteiger partial charge in [-0.1, -0.05) is 140 Å². The third-order valence-electron chi connectivity index (χ3n) is 10.1. The highest BCUT2D eigenvalue weighted by molar-refractivity contribution is 6.38. The van der Waals surface area contributed by atoms with Crippen LogP contribution in [-0.2, 0) is 0 Å². The predicted molar refractivity (Wildman–Crippen MR) is 196 cm³/mol. The van der Waals surface area contributed by atoms with Crippen molar-refractivity contribution in [1.29, 1.82) is 0 Å². The van der Waals surface area contributed by atoms with Crippen molar-refractivity contribution in [3.8, 4) is 39.5 Å². The van der Waals surface area contributed by atoms with Crippen molar-refractivity contribution in [2.45, 2.75) is 0 Å². The Morgan fingerprint density at radius 3 is 1.79 bits per heavy atom. The van der Waals surface area contributed by atoms with Crippen LogP contribution in [0, 0.1) is 0 Å². The van der Waals surface area contributed by atoms with E-state index >= 15 is 0 Å². The molecule has 0 unspecified atom stereocenters. The first kappa shape index (κ1) is 24.9. The third kappa shape index (κ3) is 3.25. The number of aromatic nitrogens is 3. The van der Waals surface area contributed by atoms with Crippen molar-refractivity contribution >= 4 is 65.0 Å². The topological polar surface area (TPSA) is 30.7 Å². The molecule has 10 aromatic rings. The molecule has 0 radical (unpaired) electrons. The summed E-state index contributed by atoms with van der Waals surface area (Å²) in [5.74, 6) is 0.678. The first-order valence-electron chi connectivity index (χ1n) is 16.1. The summed E-state index contributed by atoms with van der Waals surface area (Å²) in [5.41, 5.74) is 10.3. The summed E-state index contributed by atoms with van der Waals surface area (Å²) in [5, 5.41) is 11.0. The maximum absolute atomic E-state index is 5.45. The summed E-state index contributed by atoms with van der Waals surface area (Å²) in [6.45, 7) is 0. The van der Waals surface area contributed by atoms with Crippen molar-refractivity contribution < 1.29 is 0 Å². The minimum Gasteiger partial charge on any atom is -0.277 e. The fourth-order valence-electron chi connectivity index (χ4n) is 8.22. The van der Waals surface area contributed by atoms with E-state index in [1.54, 1.807) is 0 Å². The first-order chi connectivity index (χ1) is 23.3. The fourth-order valence-corrected chi connectivity index (χ4v) is 8.22. The van der Waals surface area contributed by atoms with Crippen LogP contribution in [-0.4, -0.2) is 14.5 Å². The van der Waals surface area contributed by atoms with E-state index in [2.05, 4.69) is 156 Å². The molecular formula is C44H25N3. The molecule has 0 bridgehead atoms. The standard InChI is InChI=1S/C44H25N3/c1-2-13-26(14-3-1)42-34-21-10-11-24-37(34)45-44(46-42)47-38-25-36-30-18-5-4-16-28(30)31-22-12-23-35(39(31)36)40(38)41-32-19-8-6-15-27(32)29-17-7-9-20-33(29)43(41)47/h1-25H. The van der Waals surface area contributed by atoms with Gasteiger partial charge in [-0.15, -0.1) is 0 Å². The third-order valence-corrected chi connectivity index (χ3v) is 10.1. The molecule has 11 rings (SSSR count). The van der Waals surface area contributed by atoms with Gasteiger partial charge in [-0.2, -0.15) is 0 Å². The number of hydrogen-bond donors (Lipinski definition) is 0. The van der Waals surface area contributed by atoms with E-state index in [9.17, 15) is 0 Å². The van der Waals surface area contributed by atoms with Crippen molar-refractivity contribution in [3.05, 3.63) is 152 Å². The molecule has 0 aliphatic heterocycles. The molecule has 1 aliphatic rings. The smallest absolute Gasteiger partial charge is 0.235 e. The van der Waals surface area contributed by atoms with Crippen LogP contribution in [0.4, 0.5) is 0 Å². The normalized spacial score (nSPS) is 12.3. The molecule has 0 amide bonds. The lowest BCUT2D eigenvalue weighted by molar-refractivity contribution is 1.02. The van der Waals surface area contributed by atoms with Gasteiger partial charge in [-0.05, 0) is 61.3 Å².